The third-order valence-corrected chi connectivity index (χ3v) is 3.51. The van der Waals surface area contributed by atoms with Gasteiger partial charge >= 0.3 is 0 Å². The number of hydrogen-bond donors (Lipinski definition) is 1. The van der Waals surface area contributed by atoms with Crippen LogP contribution in [0, 0.1) is 17.1 Å². The molecule has 0 saturated carbocycles. The Balaban J connectivity index is 1.97. The van der Waals surface area contributed by atoms with Crippen molar-refractivity contribution in [3.8, 4) is 6.07 Å². The number of fused-ring (bicyclic) bond motifs is 1. The maximum Gasteiger partial charge on any atom is 0.221 e. The summed E-state index contributed by atoms with van der Waals surface area (Å²) < 4.78 is 19.2. The number of carbonyl (C=O) groups is 2. The highest BCUT2D eigenvalue weighted by molar-refractivity contribution is 6.03. The number of amides is 1. The molecule has 124 valence electrons. The normalized spacial score (nSPS) is 11.7. The molecule has 1 N–H and O–H groups in total. The number of Topliss-reactive ketones (excluding diaryl/α,β-unsaturated/α-hetero) is 1. The summed E-state index contributed by atoms with van der Waals surface area (Å²) in [6.45, 7) is 1.23. The van der Waals surface area contributed by atoms with Crippen LogP contribution in [0.5, 0.6) is 0 Å². The van der Waals surface area contributed by atoms with E-state index in [0.717, 1.165) is 6.07 Å². The number of hydrogen-bond acceptors (Lipinski definition) is 5. The van der Waals surface area contributed by atoms with Crippen LogP contribution in [0.15, 0.2) is 46.9 Å². The number of benzene rings is 2. The van der Waals surface area contributed by atoms with Crippen LogP contribution < -0.4 is 5.32 Å². The molecule has 25 heavy (non-hydrogen) atoms. The van der Waals surface area contributed by atoms with Gasteiger partial charge in [0.2, 0.25) is 11.8 Å². The fraction of sp³-hybridized carbons (Fsp3) is 0.111. The van der Waals surface area contributed by atoms with E-state index in [4.69, 9.17) is 4.42 Å². The molecule has 2 aromatic carbocycles. The lowest BCUT2D eigenvalue weighted by molar-refractivity contribution is -0.114. The first-order chi connectivity index (χ1) is 12.0. The Kier molecular flexibility index (Phi) is 4.27. The van der Waals surface area contributed by atoms with Crippen molar-refractivity contribution in [2.45, 2.75) is 12.8 Å². The second-order valence-electron chi connectivity index (χ2n) is 5.32. The van der Waals surface area contributed by atoms with Crippen LogP contribution in [0.4, 0.5) is 10.1 Å². The monoisotopic (exact) mass is 337 g/mol. The Labute approximate surface area is 141 Å². The van der Waals surface area contributed by atoms with Crippen molar-refractivity contribution in [2.24, 2.45) is 0 Å². The molecule has 1 atom stereocenters. The summed E-state index contributed by atoms with van der Waals surface area (Å²) in [5.74, 6) is -3.05. The Bertz CT molecular complexity index is 987. The molecule has 1 aromatic heterocycles. The molecule has 0 fully saturated rings. The summed E-state index contributed by atoms with van der Waals surface area (Å²) in [7, 11) is 0. The summed E-state index contributed by atoms with van der Waals surface area (Å²) in [4.78, 5) is 27.9. The quantitative estimate of drug-likeness (QED) is 0.736. The maximum atomic E-state index is 13.7. The van der Waals surface area contributed by atoms with Crippen molar-refractivity contribution in [3.63, 3.8) is 0 Å². The lowest BCUT2D eigenvalue weighted by Gasteiger charge is -2.08. The Morgan fingerprint density at radius 2 is 2.04 bits per heavy atom. The van der Waals surface area contributed by atoms with Gasteiger partial charge in [0.05, 0.1) is 11.8 Å². The summed E-state index contributed by atoms with van der Waals surface area (Å²) in [5, 5.41) is 11.7. The Hall–Kier alpha value is -3.53. The van der Waals surface area contributed by atoms with Crippen molar-refractivity contribution in [3.05, 3.63) is 59.7 Å². The first-order valence-electron chi connectivity index (χ1n) is 7.36. The zero-order valence-electron chi connectivity index (χ0n) is 13.1. The predicted molar refractivity (Wildman–Crippen MR) is 87.4 cm³/mol. The van der Waals surface area contributed by atoms with Gasteiger partial charge < -0.3 is 9.73 Å². The zero-order chi connectivity index (χ0) is 18.0. The number of ketones is 1. The highest BCUT2D eigenvalue weighted by Gasteiger charge is 2.27. The van der Waals surface area contributed by atoms with Gasteiger partial charge in [-0.1, -0.05) is 12.1 Å². The van der Waals surface area contributed by atoms with Gasteiger partial charge in [-0.05, 0) is 30.3 Å². The molecule has 0 saturated heterocycles. The molecule has 1 heterocycles. The van der Waals surface area contributed by atoms with Crippen molar-refractivity contribution in [2.75, 3.05) is 5.32 Å². The first kappa shape index (κ1) is 16.3. The van der Waals surface area contributed by atoms with E-state index in [-0.39, 0.29) is 17.1 Å². The topological polar surface area (TPSA) is 96.0 Å². The number of aromatic nitrogens is 1. The van der Waals surface area contributed by atoms with Gasteiger partial charge in [-0.15, -0.1) is 0 Å². The van der Waals surface area contributed by atoms with Crippen LogP contribution in [0.2, 0.25) is 0 Å². The number of nitriles is 1. The lowest BCUT2D eigenvalue weighted by atomic mass is 9.98. The molecule has 1 amide bonds. The number of halogens is 1. The molecule has 7 heteroatoms. The predicted octanol–water partition coefficient (Wildman–Crippen LogP) is 3.42. The van der Waals surface area contributed by atoms with Crippen molar-refractivity contribution in [1.29, 1.82) is 5.26 Å². The smallest absolute Gasteiger partial charge is 0.221 e. The lowest BCUT2D eigenvalue weighted by Crippen LogP contribution is -2.13. The molecular weight excluding hydrogens is 325 g/mol. The zero-order valence-corrected chi connectivity index (χ0v) is 13.1. The van der Waals surface area contributed by atoms with Crippen LogP contribution in [-0.2, 0) is 4.79 Å². The van der Waals surface area contributed by atoms with E-state index in [0.29, 0.717) is 11.1 Å². The van der Waals surface area contributed by atoms with Gasteiger partial charge in [0.25, 0.3) is 0 Å². The minimum Gasteiger partial charge on any atom is -0.439 e. The molecule has 6 nitrogen and oxygen atoms in total. The van der Waals surface area contributed by atoms with Gasteiger partial charge in [0, 0.05) is 12.5 Å². The summed E-state index contributed by atoms with van der Waals surface area (Å²) in [6.07, 6.45) is 0. The van der Waals surface area contributed by atoms with Crippen LogP contribution in [-0.4, -0.2) is 16.7 Å². The van der Waals surface area contributed by atoms with Crippen molar-refractivity contribution in [1.82, 2.24) is 4.98 Å². The van der Waals surface area contributed by atoms with E-state index in [9.17, 15) is 19.2 Å². The van der Waals surface area contributed by atoms with E-state index >= 15 is 0 Å². The average Bonchev–Trinajstić information content (AvgIpc) is 3.00. The Morgan fingerprint density at radius 3 is 2.72 bits per heavy atom. The minimum absolute atomic E-state index is 0.0286. The number of nitrogens with zero attached hydrogens (tertiary/aromatic N) is 2. The molecule has 0 bridgehead atoms. The third kappa shape index (κ3) is 3.23. The van der Waals surface area contributed by atoms with Gasteiger partial charge in [-0.25, -0.2) is 9.37 Å². The van der Waals surface area contributed by atoms with E-state index in [2.05, 4.69) is 10.3 Å². The average molecular weight is 337 g/mol. The molecule has 3 aromatic rings. The second kappa shape index (κ2) is 6.53. The molecule has 0 aliphatic rings. The number of nitrogens with one attached hydrogen (secondary N) is 1. The standard InChI is InChI=1S/C18H12FN3O3/c1-10(23)21-15-8-11(6-7-13(15)19)17(24)12(9-20)18-22-14-4-2-3-5-16(14)25-18/h2-8,12H,1H3,(H,21,23). The highest BCUT2D eigenvalue weighted by atomic mass is 19.1. The van der Waals surface area contributed by atoms with Crippen LogP contribution in [0.3, 0.4) is 0 Å². The van der Waals surface area contributed by atoms with Crippen molar-refractivity contribution >= 4 is 28.5 Å². The second-order valence-corrected chi connectivity index (χ2v) is 5.32. The molecule has 1 unspecified atom stereocenters. The van der Waals surface area contributed by atoms with Gasteiger partial charge in [0.1, 0.15) is 11.3 Å². The molecule has 3 rings (SSSR count). The highest BCUT2D eigenvalue weighted by Crippen LogP contribution is 2.26. The van der Waals surface area contributed by atoms with Crippen LogP contribution in [0.25, 0.3) is 11.1 Å². The van der Waals surface area contributed by atoms with Gasteiger partial charge in [-0.3, -0.25) is 9.59 Å². The first-order valence-corrected chi connectivity index (χ1v) is 7.36. The largest absolute Gasteiger partial charge is 0.439 e. The van der Waals surface area contributed by atoms with E-state index in [1.165, 1.54) is 19.1 Å². The number of anilines is 1. The fourth-order valence-corrected chi connectivity index (χ4v) is 2.37. The summed E-state index contributed by atoms with van der Waals surface area (Å²) in [5.41, 5.74) is 0.929. The molecule has 0 aliphatic carbocycles. The van der Waals surface area contributed by atoms with E-state index in [1.54, 1.807) is 24.3 Å². The number of rotatable bonds is 4. The Morgan fingerprint density at radius 1 is 1.28 bits per heavy atom. The van der Waals surface area contributed by atoms with Crippen LogP contribution in [0.1, 0.15) is 29.1 Å². The maximum absolute atomic E-state index is 13.7. The molecule has 0 aliphatic heterocycles. The fourth-order valence-electron chi connectivity index (χ4n) is 2.37. The minimum atomic E-state index is -1.27. The van der Waals surface area contributed by atoms with Gasteiger partial charge in [-0.2, -0.15) is 5.26 Å². The molecular formula is C18H12FN3O3. The molecule has 0 spiro atoms. The van der Waals surface area contributed by atoms with E-state index in [1.807, 2.05) is 6.07 Å². The van der Waals surface area contributed by atoms with Gasteiger partial charge in [0.15, 0.2) is 17.3 Å². The number of carbonyl (C=O) groups excluding carboxylic acids is 2. The van der Waals surface area contributed by atoms with E-state index < -0.39 is 23.4 Å². The third-order valence-electron chi connectivity index (χ3n) is 3.51. The van der Waals surface area contributed by atoms with Crippen molar-refractivity contribution < 1.29 is 18.4 Å². The summed E-state index contributed by atoms with van der Waals surface area (Å²) in [6, 6.07) is 12.2. The number of para-hydroxylation sites is 2. The number of oxazole rings is 1. The molecule has 0 radical (unpaired) electrons. The SMILES string of the molecule is CC(=O)Nc1cc(C(=O)C(C#N)c2nc3ccccc3o2)ccc1F. The van der Waals surface area contributed by atoms with Crippen LogP contribution >= 0.6 is 0 Å². The summed E-state index contributed by atoms with van der Waals surface area (Å²) >= 11 is 0.